The zero-order valence-corrected chi connectivity index (χ0v) is 9.48. The lowest BCUT2D eigenvalue weighted by molar-refractivity contribution is 0.280. The van der Waals surface area contributed by atoms with Gasteiger partial charge in [0.2, 0.25) is 0 Å². The molecule has 0 unspecified atom stereocenters. The van der Waals surface area contributed by atoms with Gasteiger partial charge in [-0.3, -0.25) is 4.98 Å². The van der Waals surface area contributed by atoms with Crippen molar-refractivity contribution in [1.82, 2.24) is 19.6 Å². The third-order valence-corrected chi connectivity index (χ3v) is 2.66. The van der Waals surface area contributed by atoms with E-state index in [4.69, 9.17) is 10.8 Å². The van der Waals surface area contributed by atoms with Gasteiger partial charge in [-0.25, -0.2) is 9.50 Å². The number of nitrogens with two attached hydrogens (primary N) is 1. The van der Waals surface area contributed by atoms with Gasteiger partial charge < -0.3 is 10.8 Å². The van der Waals surface area contributed by atoms with Crippen molar-refractivity contribution in [3.63, 3.8) is 0 Å². The molecule has 0 atom stereocenters. The number of hydrogen-bond acceptors (Lipinski definition) is 5. The molecule has 6 heteroatoms. The Hall–Kier alpha value is -2.47. The fraction of sp³-hybridized carbons (Fsp3) is 0.0833. The second kappa shape index (κ2) is 4.08. The van der Waals surface area contributed by atoms with E-state index >= 15 is 0 Å². The first-order chi connectivity index (χ1) is 8.79. The number of aliphatic hydroxyl groups is 1. The van der Waals surface area contributed by atoms with E-state index in [9.17, 15) is 0 Å². The molecule has 3 rings (SSSR count). The maximum atomic E-state index is 9.07. The van der Waals surface area contributed by atoms with Crippen molar-refractivity contribution in [2.75, 3.05) is 5.73 Å². The molecule has 3 N–H and O–H groups in total. The van der Waals surface area contributed by atoms with Crippen LogP contribution in [0.4, 0.5) is 5.82 Å². The largest absolute Gasteiger partial charge is 0.392 e. The van der Waals surface area contributed by atoms with Gasteiger partial charge >= 0.3 is 0 Å². The molecule has 0 aliphatic carbocycles. The van der Waals surface area contributed by atoms with E-state index in [-0.39, 0.29) is 6.61 Å². The third kappa shape index (κ3) is 1.59. The summed E-state index contributed by atoms with van der Waals surface area (Å²) in [6, 6.07) is 5.57. The van der Waals surface area contributed by atoms with E-state index in [0.717, 1.165) is 5.69 Å². The lowest BCUT2D eigenvalue weighted by atomic mass is 10.2. The molecule has 0 aliphatic rings. The first-order valence-corrected chi connectivity index (χ1v) is 5.44. The summed E-state index contributed by atoms with van der Waals surface area (Å²) < 4.78 is 1.56. The average molecular weight is 241 g/mol. The molecule has 0 spiro atoms. The van der Waals surface area contributed by atoms with E-state index in [2.05, 4.69) is 15.1 Å². The van der Waals surface area contributed by atoms with Crippen molar-refractivity contribution in [2.24, 2.45) is 0 Å². The van der Waals surface area contributed by atoms with Crippen molar-refractivity contribution in [3.8, 4) is 11.3 Å². The molecule has 0 saturated carbocycles. The van der Waals surface area contributed by atoms with Gasteiger partial charge in [0.25, 0.3) is 0 Å². The molecule has 3 aromatic heterocycles. The number of anilines is 1. The Morgan fingerprint density at radius 2 is 2.17 bits per heavy atom. The molecule has 18 heavy (non-hydrogen) atoms. The van der Waals surface area contributed by atoms with Crippen LogP contribution in [0.25, 0.3) is 16.9 Å². The number of nitrogens with zero attached hydrogens (tertiary/aromatic N) is 4. The molecule has 3 aromatic rings. The Morgan fingerprint density at radius 1 is 1.28 bits per heavy atom. The number of aliphatic hydroxyl groups excluding tert-OH is 1. The molecule has 0 fully saturated rings. The van der Waals surface area contributed by atoms with Gasteiger partial charge in [0.15, 0.2) is 11.5 Å². The minimum Gasteiger partial charge on any atom is -0.392 e. The Kier molecular flexibility index (Phi) is 2.42. The zero-order valence-electron chi connectivity index (χ0n) is 9.48. The number of pyridine rings is 1. The van der Waals surface area contributed by atoms with Crippen LogP contribution < -0.4 is 5.73 Å². The van der Waals surface area contributed by atoms with Crippen LogP contribution in [-0.2, 0) is 6.61 Å². The average Bonchev–Trinajstić information content (AvgIpc) is 2.74. The van der Waals surface area contributed by atoms with Crippen molar-refractivity contribution in [2.45, 2.75) is 6.61 Å². The molecule has 3 heterocycles. The second-order valence-corrected chi connectivity index (χ2v) is 3.86. The maximum Gasteiger partial charge on any atom is 0.166 e. The van der Waals surface area contributed by atoms with Crippen LogP contribution in [0.15, 0.2) is 36.8 Å². The van der Waals surface area contributed by atoms with Crippen LogP contribution >= 0.6 is 0 Å². The number of fused-ring (bicyclic) bond motifs is 1. The van der Waals surface area contributed by atoms with Crippen molar-refractivity contribution in [3.05, 3.63) is 42.4 Å². The molecule has 90 valence electrons. The molecule has 0 radical (unpaired) electrons. The van der Waals surface area contributed by atoms with Gasteiger partial charge in [0, 0.05) is 24.2 Å². The summed E-state index contributed by atoms with van der Waals surface area (Å²) in [5.41, 5.74) is 8.65. The van der Waals surface area contributed by atoms with Crippen LogP contribution in [-0.4, -0.2) is 24.7 Å². The monoisotopic (exact) mass is 241 g/mol. The van der Waals surface area contributed by atoms with Crippen LogP contribution in [0.2, 0.25) is 0 Å². The summed E-state index contributed by atoms with van der Waals surface area (Å²) >= 11 is 0. The highest BCUT2D eigenvalue weighted by atomic mass is 16.3. The van der Waals surface area contributed by atoms with E-state index in [0.29, 0.717) is 22.6 Å². The first kappa shape index (κ1) is 10.7. The maximum absolute atomic E-state index is 9.07. The molecule has 0 saturated heterocycles. The Balaban J connectivity index is 2.27. The van der Waals surface area contributed by atoms with Crippen molar-refractivity contribution in [1.29, 1.82) is 0 Å². The van der Waals surface area contributed by atoms with Gasteiger partial charge in [0.05, 0.1) is 17.9 Å². The molecular weight excluding hydrogens is 230 g/mol. The van der Waals surface area contributed by atoms with Crippen LogP contribution in [0.1, 0.15) is 5.56 Å². The summed E-state index contributed by atoms with van der Waals surface area (Å²) in [4.78, 5) is 8.52. The van der Waals surface area contributed by atoms with E-state index in [1.165, 1.54) is 0 Å². The number of rotatable bonds is 2. The minimum atomic E-state index is -0.0817. The molecular formula is C12H11N5O. The van der Waals surface area contributed by atoms with Gasteiger partial charge in [0.1, 0.15) is 0 Å². The second-order valence-electron chi connectivity index (χ2n) is 3.86. The summed E-state index contributed by atoms with van der Waals surface area (Å²) in [6.07, 6.45) is 4.99. The third-order valence-electron chi connectivity index (χ3n) is 2.66. The van der Waals surface area contributed by atoms with Gasteiger partial charge in [-0.05, 0) is 12.1 Å². The summed E-state index contributed by atoms with van der Waals surface area (Å²) in [5.74, 6) is 0.372. The minimum absolute atomic E-state index is 0.0817. The highest BCUT2D eigenvalue weighted by Gasteiger charge is 2.14. The summed E-state index contributed by atoms with van der Waals surface area (Å²) in [7, 11) is 0. The molecule has 0 amide bonds. The number of nitrogen functional groups attached to an aromatic ring is 1. The first-order valence-electron chi connectivity index (χ1n) is 5.44. The predicted octanol–water partition coefficient (Wildman–Crippen LogP) is 0.866. The van der Waals surface area contributed by atoms with E-state index in [1.54, 1.807) is 23.1 Å². The fourth-order valence-corrected chi connectivity index (χ4v) is 1.83. The van der Waals surface area contributed by atoms with Gasteiger partial charge in [-0.15, -0.1) is 5.10 Å². The molecule has 0 bridgehead atoms. The van der Waals surface area contributed by atoms with Crippen LogP contribution in [0, 0.1) is 0 Å². The normalized spacial score (nSPS) is 10.9. The van der Waals surface area contributed by atoms with Gasteiger partial charge in [-0.2, -0.15) is 0 Å². The standard InChI is InChI=1S/C12H11N5O/c13-11-10(9-3-1-2-4-14-9)12-15-5-8(7-18)6-17(12)16-11/h1-6,18H,7H2,(H2,13,16). The SMILES string of the molecule is Nc1nn2cc(CO)cnc2c1-c1ccccn1. The van der Waals surface area contributed by atoms with Crippen molar-refractivity contribution < 1.29 is 5.11 Å². The summed E-state index contributed by atoms with van der Waals surface area (Å²) in [6.45, 7) is -0.0817. The highest BCUT2D eigenvalue weighted by molar-refractivity contribution is 5.84. The Morgan fingerprint density at radius 3 is 2.89 bits per heavy atom. The number of hydrogen-bond donors (Lipinski definition) is 2. The molecule has 0 aliphatic heterocycles. The van der Waals surface area contributed by atoms with Gasteiger partial charge in [-0.1, -0.05) is 6.07 Å². The molecule has 6 nitrogen and oxygen atoms in total. The molecule has 0 aromatic carbocycles. The summed E-state index contributed by atoms with van der Waals surface area (Å²) in [5, 5.41) is 13.2. The topological polar surface area (TPSA) is 89.3 Å². The zero-order chi connectivity index (χ0) is 12.5. The van der Waals surface area contributed by atoms with Crippen molar-refractivity contribution >= 4 is 11.5 Å². The highest BCUT2D eigenvalue weighted by Crippen LogP contribution is 2.27. The lowest BCUT2D eigenvalue weighted by Crippen LogP contribution is -1.94. The Bertz CT molecular complexity index is 692. The van der Waals surface area contributed by atoms with Crippen LogP contribution in [0.5, 0.6) is 0 Å². The fourth-order valence-electron chi connectivity index (χ4n) is 1.83. The quantitative estimate of drug-likeness (QED) is 0.694. The predicted molar refractivity (Wildman–Crippen MR) is 66.6 cm³/mol. The van der Waals surface area contributed by atoms with E-state index in [1.807, 2.05) is 18.2 Å². The smallest absolute Gasteiger partial charge is 0.166 e. The Labute approximate surface area is 103 Å². The van der Waals surface area contributed by atoms with Crippen LogP contribution in [0.3, 0.4) is 0 Å². The number of aromatic nitrogens is 4. The van der Waals surface area contributed by atoms with E-state index < -0.39 is 0 Å². The lowest BCUT2D eigenvalue weighted by Gasteiger charge is -1.99.